The number of fused-ring (bicyclic) bond motifs is 1. The molecule has 2 nitrogen and oxygen atoms in total. The lowest BCUT2D eigenvalue weighted by atomic mass is 10.0. The van der Waals surface area contributed by atoms with Crippen molar-refractivity contribution in [2.45, 2.75) is 13.8 Å². The Morgan fingerprint density at radius 3 is 2.64 bits per heavy atom. The van der Waals surface area contributed by atoms with Gasteiger partial charge in [-0.1, -0.05) is 12.1 Å². The first-order valence-corrected chi connectivity index (χ1v) is 3.57. The van der Waals surface area contributed by atoms with Gasteiger partial charge in [0.25, 0.3) is 0 Å². The van der Waals surface area contributed by atoms with Crippen LogP contribution in [0.2, 0.25) is 0 Å². The molecule has 0 bridgehead atoms. The fraction of sp³-hybridized carbons (Fsp3) is 0.222. The van der Waals surface area contributed by atoms with Crippen molar-refractivity contribution in [1.29, 1.82) is 0 Å². The molecule has 0 aromatic heterocycles. The molecule has 11 heavy (non-hydrogen) atoms. The molecule has 0 fully saturated rings. The zero-order valence-corrected chi connectivity index (χ0v) is 6.55. The van der Waals surface area contributed by atoms with Crippen LogP contribution in [0.25, 0.3) is 0 Å². The van der Waals surface area contributed by atoms with Gasteiger partial charge in [0.1, 0.15) is 0 Å². The summed E-state index contributed by atoms with van der Waals surface area (Å²) in [5.74, 6) is 0.822. The third-order valence-electron chi connectivity index (χ3n) is 1.84. The summed E-state index contributed by atoms with van der Waals surface area (Å²) in [6.07, 6.45) is 0.845. The number of rotatable bonds is 0. The van der Waals surface area contributed by atoms with E-state index in [1.165, 1.54) is 5.56 Å². The lowest BCUT2D eigenvalue weighted by Crippen LogP contribution is -1.92. The molecule has 0 saturated heterocycles. The molecule has 57 valence electrons. The molecule has 0 spiro atoms. The Labute approximate surface area is 65.7 Å². The molecule has 0 unspecified atom stereocenters. The number of aryl methyl sites for hydroxylation is 1. The van der Waals surface area contributed by atoms with Crippen LogP contribution in [0.3, 0.4) is 0 Å². The second-order valence-corrected chi connectivity index (χ2v) is 2.67. The summed E-state index contributed by atoms with van der Waals surface area (Å²) in [4.78, 5) is 9.88. The first-order valence-electron chi connectivity index (χ1n) is 3.57. The zero-order chi connectivity index (χ0) is 7.84. The van der Waals surface area contributed by atoms with Crippen molar-refractivity contribution in [2.24, 2.45) is 0 Å². The molecule has 1 aromatic rings. The van der Waals surface area contributed by atoms with Crippen molar-refractivity contribution in [1.82, 2.24) is 0 Å². The molecule has 2 heteroatoms. The summed E-state index contributed by atoms with van der Waals surface area (Å²) in [6, 6.07) is 5.90. The summed E-state index contributed by atoms with van der Waals surface area (Å²) in [5.41, 5.74) is 2.28. The number of benzene rings is 1. The second kappa shape index (κ2) is 2.24. The van der Waals surface area contributed by atoms with E-state index in [0.717, 1.165) is 17.4 Å². The molecule has 0 aliphatic carbocycles. The quantitative estimate of drug-likeness (QED) is 0.526. The summed E-state index contributed by atoms with van der Waals surface area (Å²) < 4.78 is 0. The molecule has 0 amide bonds. The van der Waals surface area contributed by atoms with E-state index in [-0.39, 0.29) is 0 Å². The average Bonchev–Trinajstić information content (AvgIpc) is 2.34. The van der Waals surface area contributed by atoms with Crippen molar-refractivity contribution >= 4 is 0 Å². The Morgan fingerprint density at radius 2 is 1.91 bits per heavy atom. The van der Waals surface area contributed by atoms with Gasteiger partial charge in [-0.2, -0.15) is 4.89 Å². The molecular formula is C9H9O2. The third kappa shape index (κ3) is 0.906. The first-order chi connectivity index (χ1) is 5.29. The maximum Gasteiger partial charge on any atom is 0.178 e. The van der Waals surface area contributed by atoms with Gasteiger partial charge in [-0.05, 0) is 25.5 Å². The predicted octanol–water partition coefficient (Wildman–Crippen LogP) is 2.22. The molecule has 1 radical (unpaired) electrons. The van der Waals surface area contributed by atoms with Crippen LogP contribution >= 0.6 is 0 Å². The lowest BCUT2D eigenvalue weighted by molar-refractivity contribution is -0.168. The fourth-order valence-electron chi connectivity index (χ4n) is 1.31. The van der Waals surface area contributed by atoms with Gasteiger partial charge in [-0.15, -0.1) is 0 Å². The SMILES string of the molecule is C[C]1OOc2cccc(C)c21. The molecule has 1 aliphatic heterocycles. The lowest BCUT2D eigenvalue weighted by Gasteiger charge is -1.99. The van der Waals surface area contributed by atoms with Gasteiger partial charge >= 0.3 is 0 Å². The highest BCUT2D eigenvalue weighted by Gasteiger charge is 2.24. The fourth-order valence-corrected chi connectivity index (χ4v) is 1.31. The average molecular weight is 149 g/mol. The molecule has 0 N–H and O–H groups in total. The molecular weight excluding hydrogens is 140 g/mol. The highest BCUT2D eigenvalue weighted by Crippen LogP contribution is 2.35. The second-order valence-electron chi connectivity index (χ2n) is 2.67. The smallest absolute Gasteiger partial charge is 0.178 e. The summed E-state index contributed by atoms with van der Waals surface area (Å²) >= 11 is 0. The van der Waals surface area contributed by atoms with E-state index in [9.17, 15) is 0 Å². The number of hydrogen-bond donors (Lipinski definition) is 0. The van der Waals surface area contributed by atoms with Crippen molar-refractivity contribution in [3.63, 3.8) is 0 Å². The standard InChI is InChI=1S/C9H9O2/c1-6-4-3-5-8-9(6)7(2)10-11-8/h3-5H,1-2H3. The van der Waals surface area contributed by atoms with Crippen LogP contribution < -0.4 is 4.89 Å². The van der Waals surface area contributed by atoms with Gasteiger partial charge < -0.3 is 4.89 Å². The highest BCUT2D eigenvalue weighted by molar-refractivity contribution is 5.47. The van der Waals surface area contributed by atoms with Crippen molar-refractivity contribution in [3.05, 3.63) is 35.4 Å². The highest BCUT2D eigenvalue weighted by atomic mass is 17.2. The minimum absolute atomic E-state index is 0.822. The van der Waals surface area contributed by atoms with Crippen molar-refractivity contribution in [3.8, 4) is 5.75 Å². The minimum Gasteiger partial charge on any atom is -0.336 e. The van der Waals surface area contributed by atoms with Crippen LogP contribution in [0.5, 0.6) is 5.75 Å². The van der Waals surface area contributed by atoms with Gasteiger partial charge in [0.05, 0.1) is 0 Å². The van der Waals surface area contributed by atoms with E-state index >= 15 is 0 Å². The Morgan fingerprint density at radius 1 is 1.09 bits per heavy atom. The third-order valence-corrected chi connectivity index (χ3v) is 1.84. The Kier molecular flexibility index (Phi) is 1.36. The number of hydrogen-bond acceptors (Lipinski definition) is 2. The Balaban J connectivity index is 2.58. The van der Waals surface area contributed by atoms with Crippen LogP contribution in [-0.2, 0) is 4.89 Å². The molecule has 1 aromatic carbocycles. The molecule has 0 atom stereocenters. The van der Waals surface area contributed by atoms with E-state index in [2.05, 4.69) is 0 Å². The van der Waals surface area contributed by atoms with Crippen LogP contribution in [0.15, 0.2) is 18.2 Å². The monoisotopic (exact) mass is 149 g/mol. The van der Waals surface area contributed by atoms with Gasteiger partial charge in [0, 0.05) is 5.56 Å². The van der Waals surface area contributed by atoms with Crippen LogP contribution in [0.1, 0.15) is 18.1 Å². The predicted molar refractivity (Wildman–Crippen MR) is 40.9 cm³/mol. The minimum atomic E-state index is 0.822. The van der Waals surface area contributed by atoms with E-state index in [0.29, 0.717) is 0 Å². The normalized spacial score (nSPS) is 16.2. The van der Waals surface area contributed by atoms with Gasteiger partial charge in [0.2, 0.25) is 0 Å². The van der Waals surface area contributed by atoms with Gasteiger partial charge in [-0.25, -0.2) is 0 Å². The van der Waals surface area contributed by atoms with Crippen LogP contribution in [0.4, 0.5) is 0 Å². The molecule has 0 saturated carbocycles. The van der Waals surface area contributed by atoms with Crippen molar-refractivity contribution in [2.75, 3.05) is 0 Å². The van der Waals surface area contributed by atoms with E-state index < -0.39 is 0 Å². The molecule has 1 heterocycles. The maximum absolute atomic E-state index is 4.95. The van der Waals surface area contributed by atoms with E-state index in [1.807, 2.05) is 32.0 Å². The van der Waals surface area contributed by atoms with Gasteiger partial charge in [0.15, 0.2) is 11.9 Å². The topological polar surface area (TPSA) is 18.5 Å². The summed E-state index contributed by atoms with van der Waals surface area (Å²) in [6.45, 7) is 3.94. The Hall–Kier alpha value is -1.02. The zero-order valence-electron chi connectivity index (χ0n) is 6.55. The van der Waals surface area contributed by atoms with E-state index in [4.69, 9.17) is 9.78 Å². The van der Waals surface area contributed by atoms with Crippen LogP contribution in [-0.4, -0.2) is 0 Å². The van der Waals surface area contributed by atoms with Crippen LogP contribution in [0, 0.1) is 13.0 Å². The summed E-state index contributed by atoms with van der Waals surface area (Å²) in [7, 11) is 0. The first kappa shape index (κ1) is 6.68. The maximum atomic E-state index is 4.95. The largest absolute Gasteiger partial charge is 0.336 e. The Bertz CT molecular complexity index is 281. The molecule has 1 aliphatic rings. The molecule has 2 rings (SSSR count). The van der Waals surface area contributed by atoms with E-state index in [1.54, 1.807) is 0 Å². The van der Waals surface area contributed by atoms with Crippen molar-refractivity contribution < 1.29 is 9.78 Å². The summed E-state index contributed by atoms with van der Waals surface area (Å²) in [5, 5.41) is 0. The van der Waals surface area contributed by atoms with Gasteiger partial charge in [-0.3, -0.25) is 0 Å².